The zero-order valence-electron chi connectivity index (χ0n) is 18.4. The minimum absolute atomic E-state index is 0.174. The van der Waals surface area contributed by atoms with Crippen molar-refractivity contribution in [1.29, 1.82) is 0 Å². The maximum absolute atomic E-state index is 11.7. The molecule has 2 aromatic rings. The second-order valence-electron chi connectivity index (χ2n) is 9.15. The van der Waals surface area contributed by atoms with Gasteiger partial charge in [0.15, 0.2) is 0 Å². The highest BCUT2D eigenvalue weighted by atomic mass is 16.5. The lowest BCUT2D eigenvalue weighted by molar-refractivity contribution is -0.136. The minimum Gasteiger partial charge on any atom is -0.456 e. The largest absolute Gasteiger partial charge is 0.456 e. The maximum Gasteiger partial charge on any atom is 0.335 e. The first-order valence-electron chi connectivity index (χ1n) is 11.2. The summed E-state index contributed by atoms with van der Waals surface area (Å²) < 4.78 is 6.72. The quantitative estimate of drug-likeness (QED) is 0.685. The van der Waals surface area contributed by atoms with E-state index in [0.29, 0.717) is 24.3 Å². The number of nitrogens with zero attached hydrogens (tertiary/aromatic N) is 7. The van der Waals surface area contributed by atoms with Gasteiger partial charge in [-0.25, -0.2) is 4.79 Å². The van der Waals surface area contributed by atoms with Crippen molar-refractivity contribution in [2.24, 2.45) is 5.41 Å². The van der Waals surface area contributed by atoms with Gasteiger partial charge in [0.2, 0.25) is 0 Å². The number of likely N-dealkylation sites (tertiary alicyclic amines) is 2. The van der Waals surface area contributed by atoms with Gasteiger partial charge >= 0.3 is 5.97 Å². The highest BCUT2D eigenvalue weighted by molar-refractivity contribution is 5.90. The maximum atomic E-state index is 11.7. The van der Waals surface area contributed by atoms with Gasteiger partial charge in [-0.2, -0.15) is 4.68 Å². The van der Waals surface area contributed by atoms with Gasteiger partial charge in [0.05, 0.1) is 28.8 Å². The number of hydrogen-bond donors (Lipinski definition) is 1. The van der Waals surface area contributed by atoms with Crippen molar-refractivity contribution >= 4 is 5.97 Å². The zero-order valence-corrected chi connectivity index (χ0v) is 18.4. The minimum atomic E-state index is -0.622. The molecule has 0 radical (unpaired) electrons. The predicted octanol–water partition coefficient (Wildman–Crippen LogP) is 1.10. The summed E-state index contributed by atoms with van der Waals surface area (Å²) in [4.78, 5) is 20.8. The van der Waals surface area contributed by atoms with Gasteiger partial charge < -0.3 is 19.6 Å². The number of tetrazole rings is 1. The molecule has 2 fully saturated rings. The number of carbonyl (C=O) groups excluding carboxylic acids is 1. The van der Waals surface area contributed by atoms with Crippen molar-refractivity contribution in [3.05, 3.63) is 41.6 Å². The Hall–Kier alpha value is -2.85. The number of rotatable bonds is 5. The molecule has 0 amide bonds. The smallest absolute Gasteiger partial charge is 0.335 e. The molecule has 0 unspecified atom stereocenters. The molecule has 0 bridgehead atoms. The van der Waals surface area contributed by atoms with Crippen LogP contribution in [0.3, 0.4) is 0 Å². The number of ether oxygens (including phenoxy) is 1. The van der Waals surface area contributed by atoms with Crippen LogP contribution in [0.25, 0.3) is 5.69 Å². The van der Waals surface area contributed by atoms with Gasteiger partial charge in [-0.3, -0.25) is 4.98 Å². The fourth-order valence-electron chi connectivity index (χ4n) is 5.11. The first-order chi connectivity index (χ1) is 15.5. The number of β-amino-alcohol motifs (C(OH)–C–C–N with tert-alkyl or cyclic N) is 1. The molecule has 0 aliphatic carbocycles. The number of aliphatic hydroxyl groups is 1. The van der Waals surface area contributed by atoms with Crippen LogP contribution < -0.4 is 0 Å². The molecule has 0 aromatic carbocycles. The Morgan fingerprint density at radius 3 is 2.50 bits per heavy atom. The van der Waals surface area contributed by atoms with Crippen LogP contribution >= 0.6 is 0 Å². The van der Waals surface area contributed by atoms with Gasteiger partial charge in [-0.1, -0.05) is 0 Å². The molecule has 1 N–H and O–H groups in total. The van der Waals surface area contributed by atoms with E-state index in [2.05, 4.69) is 30.3 Å². The molecular formula is C22H29N7O3. The summed E-state index contributed by atoms with van der Waals surface area (Å²) in [5.41, 5.74) is 3.64. The van der Waals surface area contributed by atoms with Gasteiger partial charge in [0, 0.05) is 19.6 Å². The van der Waals surface area contributed by atoms with Crippen molar-refractivity contribution in [3.8, 4) is 5.69 Å². The lowest BCUT2D eigenvalue weighted by Crippen LogP contribution is -2.47. The number of hydrogen-bond acceptors (Lipinski definition) is 9. The van der Waals surface area contributed by atoms with Crippen LogP contribution in [0.1, 0.15) is 44.4 Å². The normalized spacial score (nSPS) is 22.4. The molecule has 10 heteroatoms. The number of piperidine rings is 2. The third-order valence-electron chi connectivity index (χ3n) is 7.36. The Bertz CT molecular complexity index is 971. The highest BCUT2D eigenvalue weighted by Gasteiger charge is 2.39. The van der Waals surface area contributed by atoms with Crippen LogP contribution in [-0.2, 0) is 9.53 Å². The van der Waals surface area contributed by atoms with E-state index in [1.54, 1.807) is 6.20 Å². The van der Waals surface area contributed by atoms with E-state index in [1.807, 2.05) is 19.1 Å². The summed E-state index contributed by atoms with van der Waals surface area (Å²) in [6, 6.07) is 3.69. The molecule has 170 valence electrons. The Morgan fingerprint density at radius 1 is 1.16 bits per heavy atom. The predicted molar refractivity (Wildman–Crippen MR) is 114 cm³/mol. The topological polar surface area (TPSA) is 110 Å². The molecular weight excluding hydrogens is 410 g/mol. The number of esters is 1. The number of aromatic nitrogens is 5. The molecule has 3 aliphatic rings. The van der Waals surface area contributed by atoms with Crippen LogP contribution in [0.5, 0.6) is 0 Å². The lowest BCUT2D eigenvalue weighted by Gasteiger charge is -2.47. The van der Waals surface area contributed by atoms with Crippen molar-refractivity contribution < 1.29 is 14.6 Å². The van der Waals surface area contributed by atoms with E-state index in [-0.39, 0.29) is 5.97 Å². The van der Waals surface area contributed by atoms with Crippen LogP contribution in [0.4, 0.5) is 0 Å². The molecule has 3 aliphatic heterocycles. The second kappa shape index (κ2) is 8.59. The molecule has 5 rings (SSSR count). The van der Waals surface area contributed by atoms with E-state index in [0.717, 1.165) is 68.8 Å². The first-order valence-corrected chi connectivity index (χ1v) is 11.2. The Kier molecular flexibility index (Phi) is 5.64. The second-order valence-corrected chi connectivity index (χ2v) is 9.15. The average molecular weight is 440 g/mol. The SMILES string of the molecule is CC1=C(N2CCC3(CCN(C[C@@H](O)c4ccc(-n5cnnn5)cn4)CC3)CC2)COC1=O. The summed E-state index contributed by atoms with van der Waals surface area (Å²) in [6.45, 7) is 6.84. The van der Waals surface area contributed by atoms with E-state index < -0.39 is 6.10 Å². The molecule has 2 saturated heterocycles. The summed E-state index contributed by atoms with van der Waals surface area (Å²) in [7, 11) is 0. The fraction of sp³-hybridized carbons (Fsp3) is 0.591. The highest BCUT2D eigenvalue weighted by Crippen LogP contribution is 2.42. The fourth-order valence-corrected chi connectivity index (χ4v) is 5.11. The Labute approximate surface area is 186 Å². The lowest BCUT2D eigenvalue weighted by atomic mass is 9.71. The van der Waals surface area contributed by atoms with Crippen molar-refractivity contribution in [2.75, 3.05) is 39.3 Å². The molecule has 10 nitrogen and oxygen atoms in total. The zero-order chi connectivity index (χ0) is 22.1. The molecule has 32 heavy (non-hydrogen) atoms. The Morgan fingerprint density at radius 2 is 1.91 bits per heavy atom. The average Bonchev–Trinajstić information content (AvgIpc) is 3.47. The molecule has 5 heterocycles. The molecule has 1 spiro atoms. The number of cyclic esters (lactones) is 1. The van der Waals surface area contributed by atoms with E-state index in [9.17, 15) is 9.90 Å². The van der Waals surface area contributed by atoms with Crippen molar-refractivity contribution in [2.45, 2.75) is 38.7 Å². The third-order valence-corrected chi connectivity index (χ3v) is 7.36. The van der Waals surface area contributed by atoms with Crippen molar-refractivity contribution in [3.63, 3.8) is 0 Å². The van der Waals surface area contributed by atoms with E-state index in [1.165, 1.54) is 11.0 Å². The third kappa shape index (κ3) is 4.12. The standard InChI is InChI=1S/C22H29N7O3/c1-16-19(14-32-21(16)31)28-10-6-22(7-11-28)4-8-27(9-5-22)13-20(30)18-3-2-17(12-23-18)29-15-24-25-26-29/h2-3,12,15,20,30H,4-11,13-14H2,1H3/t20-/m1/s1. The summed E-state index contributed by atoms with van der Waals surface area (Å²) in [5, 5.41) is 21.8. The first kappa shape index (κ1) is 21.0. The van der Waals surface area contributed by atoms with Gasteiger partial charge in [0.25, 0.3) is 0 Å². The van der Waals surface area contributed by atoms with E-state index in [4.69, 9.17) is 4.74 Å². The summed E-state index contributed by atoms with van der Waals surface area (Å²) in [6.07, 6.45) is 7.15. The van der Waals surface area contributed by atoms with Crippen LogP contribution in [0, 0.1) is 5.41 Å². The number of pyridine rings is 1. The number of carbonyl (C=O) groups is 1. The van der Waals surface area contributed by atoms with E-state index >= 15 is 0 Å². The van der Waals surface area contributed by atoms with Gasteiger partial charge in [-0.15, -0.1) is 5.10 Å². The number of aliphatic hydroxyl groups excluding tert-OH is 1. The monoisotopic (exact) mass is 439 g/mol. The van der Waals surface area contributed by atoms with Crippen LogP contribution in [0.2, 0.25) is 0 Å². The summed E-state index contributed by atoms with van der Waals surface area (Å²) >= 11 is 0. The van der Waals surface area contributed by atoms with Gasteiger partial charge in [-0.05, 0) is 73.7 Å². The Balaban J connectivity index is 1.12. The van der Waals surface area contributed by atoms with Crippen LogP contribution in [-0.4, -0.2) is 85.4 Å². The molecule has 2 aromatic heterocycles. The van der Waals surface area contributed by atoms with Gasteiger partial charge in [0.1, 0.15) is 19.0 Å². The summed E-state index contributed by atoms with van der Waals surface area (Å²) in [5.74, 6) is -0.174. The van der Waals surface area contributed by atoms with Crippen molar-refractivity contribution in [1.82, 2.24) is 35.0 Å². The molecule has 0 saturated carbocycles. The van der Waals surface area contributed by atoms with Crippen LogP contribution in [0.15, 0.2) is 35.9 Å². The molecule has 1 atom stereocenters.